The Labute approximate surface area is 122 Å². The van der Waals surface area contributed by atoms with Crippen LogP contribution in [0.25, 0.3) is 0 Å². The molecule has 1 N–H and O–H groups in total. The van der Waals surface area contributed by atoms with E-state index in [0.717, 1.165) is 25.5 Å². The molecule has 0 saturated heterocycles. The van der Waals surface area contributed by atoms with Gasteiger partial charge in [-0.1, -0.05) is 50.8 Å². The van der Waals surface area contributed by atoms with Crippen molar-refractivity contribution in [3.05, 3.63) is 29.3 Å². The monoisotopic (exact) mass is 273 g/mol. The molecule has 110 valence electrons. The van der Waals surface area contributed by atoms with E-state index in [1.807, 2.05) is 0 Å². The smallest absolute Gasteiger partial charge is 0.127 e. The second-order valence-electron chi connectivity index (χ2n) is 6.22. The van der Waals surface area contributed by atoms with Gasteiger partial charge in [-0.3, -0.25) is 0 Å². The molecule has 0 bridgehead atoms. The van der Waals surface area contributed by atoms with Crippen LogP contribution in [0.3, 0.4) is 0 Å². The number of nitrogens with one attached hydrogen (secondary N) is 1. The van der Waals surface area contributed by atoms with Gasteiger partial charge in [0, 0.05) is 18.0 Å². The highest BCUT2D eigenvalue weighted by Gasteiger charge is 2.28. The Morgan fingerprint density at radius 3 is 2.75 bits per heavy atom. The summed E-state index contributed by atoms with van der Waals surface area (Å²) >= 11 is 0. The standard InChI is InChI=1S/C18H27NO/c1-2-19-17(14-8-5-3-4-6-9-14)16-11-7-10-15-12-13-20-18(15)16/h7,10-11,14,17,19H,2-6,8-9,12-13H2,1H3. The van der Waals surface area contributed by atoms with E-state index in [-0.39, 0.29) is 0 Å². The Hall–Kier alpha value is -1.02. The first-order valence-electron chi connectivity index (χ1n) is 8.38. The second kappa shape index (κ2) is 6.62. The van der Waals surface area contributed by atoms with Crippen molar-refractivity contribution in [2.24, 2.45) is 5.92 Å². The zero-order valence-corrected chi connectivity index (χ0v) is 12.7. The highest BCUT2D eigenvalue weighted by atomic mass is 16.5. The third-order valence-electron chi connectivity index (χ3n) is 4.88. The van der Waals surface area contributed by atoms with Crippen molar-refractivity contribution in [1.29, 1.82) is 0 Å². The molecule has 2 aliphatic rings. The summed E-state index contributed by atoms with van der Waals surface area (Å²) in [6, 6.07) is 7.19. The lowest BCUT2D eigenvalue weighted by Crippen LogP contribution is -2.28. The molecule has 0 spiro atoms. The van der Waals surface area contributed by atoms with Gasteiger partial charge in [-0.25, -0.2) is 0 Å². The van der Waals surface area contributed by atoms with Gasteiger partial charge in [0.05, 0.1) is 6.61 Å². The average molecular weight is 273 g/mol. The summed E-state index contributed by atoms with van der Waals surface area (Å²) in [4.78, 5) is 0. The first-order chi connectivity index (χ1) is 9.90. The fourth-order valence-electron chi connectivity index (χ4n) is 3.88. The molecule has 0 aromatic heterocycles. The number of benzene rings is 1. The predicted octanol–water partition coefficient (Wildman–Crippen LogP) is 4.24. The van der Waals surface area contributed by atoms with Gasteiger partial charge in [0.1, 0.15) is 5.75 Å². The first-order valence-corrected chi connectivity index (χ1v) is 8.38. The van der Waals surface area contributed by atoms with E-state index in [4.69, 9.17) is 4.74 Å². The van der Waals surface area contributed by atoms with Crippen molar-refractivity contribution in [3.8, 4) is 5.75 Å². The largest absolute Gasteiger partial charge is 0.493 e. The fraction of sp³-hybridized carbons (Fsp3) is 0.667. The molecule has 1 aliphatic heterocycles. The number of ether oxygens (including phenoxy) is 1. The molecule has 20 heavy (non-hydrogen) atoms. The third kappa shape index (κ3) is 2.85. The zero-order valence-electron chi connectivity index (χ0n) is 12.7. The maximum atomic E-state index is 5.94. The van der Waals surface area contributed by atoms with Gasteiger partial charge in [0.25, 0.3) is 0 Å². The minimum Gasteiger partial charge on any atom is -0.493 e. The Morgan fingerprint density at radius 2 is 2.00 bits per heavy atom. The third-order valence-corrected chi connectivity index (χ3v) is 4.88. The average Bonchev–Trinajstić information content (AvgIpc) is 2.79. The summed E-state index contributed by atoms with van der Waals surface area (Å²) < 4.78 is 5.94. The second-order valence-corrected chi connectivity index (χ2v) is 6.22. The molecule has 3 rings (SSSR count). The van der Waals surface area contributed by atoms with Crippen molar-refractivity contribution in [1.82, 2.24) is 5.32 Å². The molecule has 1 aromatic rings. The van der Waals surface area contributed by atoms with Crippen LogP contribution in [0, 0.1) is 5.92 Å². The van der Waals surface area contributed by atoms with E-state index >= 15 is 0 Å². The topological polar surface area (TPSA) is 21.3 Å². The lowest BCUT2D eigenvalue weighted by atomic mass is 9.86. The van der Waals surface area contributed by atoms with E-state index in [1.54, 1.807) is 0 Å². The van der Waals surface area contributed by atoms with Gasteiger partial charge in [-0.15, -0.1) is 0 Å². The summed E-state index contributed by atoms with van der Waals surface area (Å²) in [5.74, 6) is 1.95. The SMILES string of the molecule is CCNC(c1cccc2c1OCC2)C1CCCCCC1. The molecule has 1 heterocycles. The van der Waals surface area contributed by atoms with E-state index in [1.165, 1.54) is 55.4 Å². The quantitative estimate of drug-likeness (QED) is 0.828. The molecule has 1 atom stereocenters. The maximum Gasteiger partial charge on any atom is 0.127 e. The lowest BCUT2D eigenvalue weighted by Gasteiger charge is -2.28. The van der Waals surface area contributed by atoms with Crippen molar-refractivity contribution in [3.63, 3.8) is 0 Å². The van der Waals surface area contributed by atoms with Crippen LogP contribution in [0.4, 0.5) is 0 Å². The number of rotatable bonds is 4. The molecule has 1 aliphatic carbocycles. The highest BCUT2D eigenvalue weighted by Crippen LogP contribution is 2.40. The fourth-order valence-corrected chi connectivity index (χ4v) is 3.88. The molecule has 2 heteroatoms. The molecule has 2 nitrogen and oxygen atoms in total. The van der Waals surface area contributed by atoms with E-state index < -0.39 is 0 Å². The highest BCUT2D eigenvalue weighted by molar-refractivity contribution is 5.45. The van der Waals surface area contributed by atoms with Crippen LogP contribution in [0.1, 0.15) is 62.6 Å². The van der Waals surface area contributed by atoms with Gasteiger partial charge in [0.15, 0.2) is 0 Å². The summed E-state index contributed by atoms with van der Waals surface area (Å²) in [6.45, 7) is 4.11. The van der Waals surface area contributed by atoms with Gasteiger partial charge < -0.3 is 10.1 Å². The van der Waals surface area contributed by atoms with Gasteiger partial charge in [-0.05, 0) is 30.9 Å². The summed E-state index contributed by atoms with van der Waals surface area (Å²) in [5, 5.41) is 3.75. The number of fused-ring (bicyclic) bond motifs is 1. The van der Waals surface area contributed by atoms with Crippen molar-refractivity contribution in [2.75, 3.05) is 13.2 Å². The zero-order chi connectivity index (χ0) is 13.8. The maximum absolute atomic E-state index is 5.94. The summed E-state index contributed by atoms with van der Waals surface area (Å²) in [5.41, 5.74) is 2.81. The molecular weight excluding hydrogens is 246 g/mol. The molecule has 0 amide bonds. The van der Waals surface area contributed by atoms with Crippen molar-refractivity contribution >= 4 is 0 Å². The minimum absolute atomic E-state index is 0.478. The molecule has 1 fully saturated rings. The molecule has 1 unspecified atom stereocenters. The Bertz CT molecular complexity index is 435. The number of hydrogen-bond acceptors (Lipinski definition) is 2. The van der Waals surface area contributed by atoms with Crippen LogP contribution in [-0.2, 0) is 6.42 Å². The molecule has 0 radical (unpaired) electrons. The normalized spacial score (nSPS) is 21.1. The Balaban J connectivity index is 1.88. The van der Waals surface area contributed by atoms with Gasteiger partial charge in [0.2, 0.25) is 0 Å². The first kappa shape index (κ1) is 13.9. The van der Waals surface area contributed by atoms with Crippen LogP contribution in [0.15, 0.2) is 18.2 Å². The summed E-state index contributed by atoms with van der Waals surface area (Å²) in [6.07, 6.45) is 9.41. The predicted molar refractivity (Wildman–Crippen MR) is 83.3 cm³/mol. The minimum atomic E-state index is 0.478. The van der Waals surface area contributed by atoms with Crippen LogP contribution in [-0.4, -0.2) is 13.2 Å². The lowest BCUT2D eigenvalue weighted by molar-refractivity contribution is 0.308. The van der Waals surface area contributed by atoms with Crippen LogP contribution in [0.2, 0.25) is 0 Å². The van der Waals surface area contributed by atoms with Crippen LogP contribution >= 0.6 is 0 Å². The van der Waals surface area contributed by atoms with Gasteiger partial charge in [-0.2, -0.15) is 0 Å². The molecule has 1 aromatic carbocycles. The van der Waals surface area contributed by atoms with Gasteiger partial charge >= 0.3 is 0 Å². The number of hydrogen-bond donors (Lipinski definition) is 1. The van der Waals surface area contributed by atoms with Crippen LogP contribution in [0.5, 0.6) is 5.75 Å². The Kier molecular flexibility index (Phi) is 4.62. The Morgan fingerprint density at radius 1 is 1.20 bits per heavy atom. The van der Waals surface area contributed by atoms with Crippen LogP contribution < -0.4 is 10.1 Å². The summed E-state index contributed by atoms with van der Waals surface area (Å²) in [7, 11) is 0. The number of para-hydroxylation sites is 1. The van der Waals surface area contributed by atoms with Crippen molar-refractivity contribution < 1.29 is 4.74 Å². The van der Waals surface area contributed by atoms with E-state index in [2.05, 4.69) is 30.4 Å². The molecular formula is C18H27NO. The van der Waals surface area contributed by atoms with E-state index in [9.17, 15) is 0 Å². The molecule has 1 saturated carbocycles. The van der Waals surface area contributed by atoms with E-state index in [0.29, 0.717) is 6.04 Å². The van der Waals surface area contributed by atoms with Crippen molar-refractivity contribution in [2.45, 2.75) is 57.9 Å².